The Hall–Kier alpha value is -2.39. The number of hydrogen-bond donors (Lipinski definition) is 4. The lowest BCUT2D eigenvalue weighted by molar-refractivity contribution is 0.0940. The lowest BCUT2D eigenvalue weighted by atomic mass is 9.71. The molecule has 4 N–H and O–H groups in total. The molecule has 0 aliphatic carbocycles. The summed E-state index contributed by atoms with van der Waals surface area (Å²) in [6.45, 7) is 13.4. The number of ether oxygens (including phenoxy) is 1. The smallest absolute Gasteiger partial charge is 0.267 e. The molecule has 0 saturated carbocycles. The van der Waals surface area contributed by atoms with Crippen molar-refractivity contribution in [3.63, 3.8) is 0 Å². The van der Waals surface area contributed by atoms with E-state index in [0.29, 0.717) is 38.4 Å². The first-order valence-corrected chi connectivity index (χ1v) is 13.6. The van der Waals surface area contributed by atoms with E-state index in [4.69, 9.17) is 14.9 Å². The van der Waals surface area contributed by atoms with Crippen molar-refractivity contribution in [1.29, 1.82) is 0 Å². The number of aliphatic hydroxyl groups excluding tert-OH is 3. The topological polar surface area (TPSA) is 107 Å². The van der Waals surface area contributed by atoms with Crippen LogP contribution in [-0.4, -0.2) is 82.8 Å². The summed E-state index contributed by atoms with van der Waals surface area (Å²) in [7, 11) is 0. The molecular weight excluding hydrogens is 470 g/mol. The fraction of sp³-hybridized carbons (Fsp3) is 0.621. The fourth-order valence-electron chi connectivity index (χ4n) is 4.99. The quantitative estimate of drug-likeness (QED) is 0.240. The summed E-state index contributed by atoms with van der Waals surface area (Å²) >= 11 is 0. The molecule has 8 heteroatoms. The predicted molar refractivity (Wildman–Crippen MR) is 147 cm³/mol. The first kappa shape index (κ1) is 30.8. The molecule has 0 aliphatic heterocycles. The molecule has 208 valence electrons. The van der Waals surface area contributed by atoms with E-state index in [-0.39, 0.29) is 31.1 Å². The van der Waals surface area contributed by atoms with Gasteiger partial charge in [-0.3, -0.25) is 9.69 Å². The number of nitrogens with one attached hydrogen (secondary N) is 1. The van der Waals surface area contributed by atoms with Crippen molar-refractivity contribution >= 4 is 5.91 Å². The van der Waals surface area contributed by atoms with E-state index in [1.54, 1.807) is 6.92 Å². The van der Waals surface area contributed by atoms with Crippen LogP contribution in [0.25, 0.3) is 0 Å². The van der Waals surface area contributed by atoms with Crippen LogP contribution >= 0.6 is 0 Å². The molecule has 0 fully saturated rings. The minimum Gasteiger partial charge on any atom is -0.491 e. The lowest BCUT2D eigenvalue weighted by Crippen LogP contribution is -2.34. The molecule has 0 bridgehead atoms. The van der Waals surface area contributed by atoms with Gasteiger partial charge in [-0.2, -0.15) is 0 Å². The summed E-state index contributed by atoms with van der Waals surface area (Å²) < 4.78 is 7.78. The average molecular weight is 518 g/mol. The molecule has 0 aliphatic rings. The highest BCUT2D eigenvalue weighted by atomic mass is 16.5. The Bertz CT molecular complexity index is 962. The van der Waals surface area contributed by atoms with Crippen LogP contribution < -0.4 is 10.1 Å². The molecule has 2 rings (SSSR count). The van der Waals surface area contributed by atoms with Crippen LogP contribution in [0.3, 0.4) is 0 Å². The Kier molecular flexibility index (Phi) is 12.6. The van der Waals surface area contributed by atoms with E-state index >= 15 is 0 Å². The molecule has 2 aromatic rings. The van der Waals surface area contributed by atoms with Crippen molar-refractivity contribution in [3.05, 3.63) is 52.8 Å². The van der Waals surface area contributed by atoms with Crippen molar-refractivity contribution in [2.24, 2.45) is 0 Å². The van der Waals surface area contributed by atoms with E-state index in [9.17, 15) is 9.90 Å². The average Bonchev–Trinajstić information content (AvgIpc) is 3.32. The third kappa shape index (κ3) is 8.04. The van der Waals surface area contributed by atoms with Gasteiger partial charge < -0.3 is 29.9 Å². The molecule has 0 radical (unpaired) electrons. The molecular formula is C29H47N3O5. The van der Waals surface area contributed by atoms with Crippen LogP contribution in [0.2, 0.25) is 0 Å². The molecule has 0 spiro atoms. The fourth-order valence-corrected chi connectivity index (χ4v) is 4.99. The number of aliphatic hydroxyl groups is 3. The minimum absolute atomic E-state index is 0.0485. The van der Waals surface area contributed by atoms with Crippen molar-refractivity contribution in [2.75, 3.05) is 46.0 Å². The number of hydrogen-bond acceptors (Lipinski definition) is 6. The minimum atomic E-state index is -0.525. The van der Waals surface area contributed by atoms with Crippen molar-refractivity contribution in [3.8, 4) is 5.75 Å². The van der Waals surface area contributed by atoms with Crippen LogP contribution in [0.4, 0.5) is 0 Å². The van der Waals surface area contributed by atoms with Crippen LogP contribution in [-0.2, 0) is 12.0 Å². The summed E-state index contributed by atoms with van der Waals surface area (Å²) in [6.07, 6.45) is 4.10. The molecule has 1 unspecified atom stereocenters. The van der Waals surface area contributed by atoms with Gasteiger partial charge >= 0.3 is 0 Å². The monoisotopic (exact) mass is 517 g/mol. The Morgan fingerprint density at radius 1 is 1.08 bits per heavy atom. The van der Waals surface area contributed by atoms with Gasteiger partial charge in [-0.25, -0.2) is 0 Å². The van der Waals surface area contributed by atoms with Crippen molar-refractivity contribution < 1.29 is 24.9 Å². The van der Waals surface area contributed by atoms with Gasteiger partial charge in [-0.1, -0.05) is 26.0 Å². The summed E-state index contributed by atoms with van der Waals surface area (Å²) in [5.41, 5.74) is 3.75. The van der Waals surface area contributed by atoms with E-state index < -0.39 is 6.10 Å². The molecule has 1 amide bonds. The van der Waals surface area contributed by atoms with Gasteiger partial charge in [0, 0.05) is 37.8 Å². The molecule has 0 saturated heterocycles. The first-order valence-electron chi connectivity index (χ1n) is 13.6. The standard InChI is InChI=1S/C29H47N3O5/c1-6-29(7-2,24-10-11-27(22(4)18-24)37-21-23(5)35)25-19-26(32(8-3)20-25)28(36)30-12-9-13-31(14-16-33)15-17-34/h10-11,18-20,23,33-35H,6-9,12-17,21H2,1-5H3,(H,30,36). The van der Waals surface area contributed by atoms with Crippen LogP contribution in [0.15, 0.2) is 30.5 Å². The second kappa shape index (κ2) is 15.1. The number of aryl methyl sites for hydroxylation is 2. The van der Waals surface area contributed by atoms with E-state index in [1.165, 1.54) is 5.56 Å². The first-order chi connectivity index (χ1) is 17.8. The largest absolute Gasteiger partial charge is 0.491 e. The van der Waals surface area contributed by atoms with Gasteiger partial charge in [0.25, 0.3) is 5.91 Å². The third-order valence-corrected chi connectivity index (χ3v) is 7.21. The molecule has 37 heavy (non-hydrogen) atoms. The van der Waals surface area contributed by atoms with Gasteiger partial charge in [-0.15, -0.1) is 0 Å². The number of nitrogens with zero attached hydrogens (tertiary/aromatic N) is 2. The zero-order chi connectivity index (χ0) is 27.4. The predicted octanol–water partition coefficient (Wildman–Crippen LogP) is 3.09. The maximum absolute atomic E-state index is 13.1. The van der Waals surface area contributed by atoms with Gasteiger partial charge in [0.2, 0.25) is 0 Å². The highest BCUT2D eigenvalue weighted by Crippen LogP contribution is 2.41. The number of benzene rings is 1. The number of amides is 1. The zero-order valence-electron chi connectivity index (χ0n) is 23.3. The maximum atomic E-state index is 13.1. The van der Waals surface area contributed by atoms with Crippen molar-refractivity contribution in [2.45, 2.75) is 71.9 Å². The van der Waals surface area contributed by atoms with E-state index in [1.807, 2.05) is 35.4 Å². The van der Waals surface area contributed by atoms with Crippen LogP contribution in [0.5, 0.6) is 5.75 Å². The molecule has 1 atom stereocenters. The SMILES string of the molecule is CCn1cc(C(CC)(CC)c2ccc(OCC(C)O)c(C)c2)cc1C(=O)NCCCN(CCO)CCO. The summed E-state index contributed by atoms with van der Waals surface area (Å²) in [6, 6.07) is 8.28. The molecule has 1 aromatic heterocycles. The summed E-state index contributed by atoms with van der Waals surface area (Å²) in [4.78, 5) is 15.1. The van der Waals surface area contributed by atoms with Gasteiger partial charge in [0.05, 0.1) is 19.3 Å². The molecule has 1 heterocycles. The zero-order valence-corrected chi connectivity index (χ0v) is 23.3. The van der Waals surface area contributed by atoms with Crippen LogP contribution in [0.1, 0.15) is 74.1 Å². The van der Waals surface area contributed by atoms with Crippen LogP contribution in [0, 0.1) is 6.92 Å². The highest BCUT2D eigenvalue weighted by molar-refractivity contribution is 5.93. The Morgan fingerprint density at radius 2 is 1.76 bits per heavy atom. The Labute approximate surface area is 222 Å². The molecule has 1 aromatic carbocycles. The maximum Gasteiger partial charge on any atom is 0.267 e. The number of aromatic nitrogens is 1. The highest BCUT2D eigenvalue weighted by Gasteiger charge is 2.33. The van der Waals surface area contributed by atoms with Gasteiger partial charge in [-0.05, 0) is 75.4 Å². The Balaban J connectivity index is 2.22. The summed E-state index contributed by atoms with van der Waals surface area (Å²) in [5.74, 6) is 0.677. The summed E-state index contributed by atoms with van der Waals surface area (Å²) in [5, 5.41) is 30.9. The van der Waals surface area contributed by atoms with Gasteiger partial charge in [0.15, 0.2) is 0 Å². The third-order valence-electron chi connectivity index (χ3n) is 7.21. The van der Waals surface area contributed by atoms with Gasteiger partial charge in [0.1, 0.15) is 18.1 Å². The normalized spacial score (nSPS) is 12.7. The lowest BCUT2D eigenvalue weighted by Gasteiger charge is -2.32. The van der Waals surface area contributed by atoms with E-state index in [2.05, 4.69) is 37.5 Å². The Morgan fingerprint density at radius 3 is 2.30 bits per heavy atom. The molecule has 8 nitrogen and oxygen atoms in total. The number of rotatable bonds is 17. The van der Waals surface area contributed by atoms with E-state index in [0.717, 1.165) is 36.1 Å². The number of carbonyl (C=O) groups is 1. The second-order valence-electron chi connectivity index (χ2n) is 9.73. The van der Waals surface area contributed by atoms with Crippen molar-refractivity contribution in [1.82, 2.24) is 14.8 Å². The second-order valence-corrected chi connectivity index (χ2v) is 9.73. The number of carbonyl (C=O) groups excluding carboxylic acids is 1.